The summed E-state index contributed by atoms with van der Waals surface area (Å²) < 4.78 is 12.9. The maximum absolute atomic E-state index is 12.9. The van der Waals surface area contributed by atoms with Gasteiger partial charge in [0.05, 0.1) is 0 Å². The molecule has 0 radical (unpaired) electrons. The molecule has 0 saturated heterocycles. The topological polar surface area (TPSA) is 20.2 Å². The standard InChI is InChI=1S/C15H15FO/c1-9-8-10(2)15(17)11(3)14(9)12-4-6-13(16)7-5-12/h4-8,17H,1-3H3. The van der Waals surface area contributed by atoms with Crippen molar-refractivity contribution in [2.24, 2.45) is 0 Å². The van der Waals surface area contributed by atoms with Crippen LogP contribution in [-0.2, 0) is 0 Å². The molecule has 2 heteroatoms. The minimum Gasteiger partial charge on any atom is -0.507 e. The normalized spacial score (nSPS) is 10.6. The summed E-state index contributed by atoms with van der Waals surface area (Å²) in [5, 5.41) is 9.95. The number of aryl methyl sites for hydroxylation is 2. The highest BCUT2D eigenvalue weighted by Crippen LogP contribution is 2.34. The van der Waals surface area contributed by atoms with Gasteiger partial charge in [0.2, 0.25) is 0 Å². The van der Waals surface area contributed by atoms with Crippen molar-refractivity contribution in [2.45, 2.75) is 20.8 Å². The molecule has 1 nitrogen and oxygen atoms in total. The molecule has 0 aliphatic rings. The second kappa shape index (κ2) is 4.21. The first kappa shape index (κ1) is 11.6. The van der Waals surface area contributed by atoms with E-state index < -0.39 is 0 Å². The molecule has 0 unspecified atom stereocenters. The van der Waals surface area contributed by atoms with Crippen molar-refractivity contribution in [2.75, 3.05) is 0 Å². The molecule has 0 spiro atoms. The summed E-state index contributed by atoms with van der Waals surface area (Å²) in [4.78, 5) is 0. The van der Waals surface area contributed by atoms with Gasteiger partial charge in [-0.05, 0) is 60.7 Å². The van der Waals surface area contributed by atoms with Crippen LogP contribution in [0.2, 0.25) is 0 Å². The molecule has 0 bridgehead atoms. The summed E-state index contributed by atoms with van der Waals surface area (Å²) in [6.45, 7) is 5.76. The Labute approximate surface area is 101 Å². The van der Waals surface area contributed by atoms with Crippen LogP contribution in [-0.4, -0.2) is 5.11 Å². The molecule has 0 heterocycles. The highest BCUT2D eigenvalue weighted by atomic mass is 19.1. The summed E-state index contributed by atoms with van der Waals surface area (Å²) in [5.41, 5.74) is 4.70. The third kappa shape index (κ3) is 2.03. The number of halogens is 1. The van der Waals surface area contributed by atoms with E-state index in [1.54, 1.807) is 12.1 Å². The second-order valence-electron chi connectivity index (χ2n) is 4.37. The number of hydrogen-bond donors (Lipinski definition) is 1. The van der Waals surface area contributed by atoms with Crippen molar-refractivity contribution in [1.82, 2.24) is 0 Å². The van der Waals surface area contributed by atoms with Crippen LogP contribution in [0.15, 0.2) is 30.3 Å². The molecule has 0 amide bonds. The van der Waals surface area contributed by atoms with E-state index >= 15 is 0 Å². The lowest BCUT2D eigenvalue weighted by molar-refractivity contribution is 0.467. The zero-order chi connectivity index (χ0) is 12.6. The van der Waals surface area contributed by atoms with Crippen LogP contribution >= 0.6 is 0 Å². The number of aromatic hydroxyl groups is 1. The molecule has 0 saturated carbocycles. The van der Waals surface area contributed by atoms with Crippen LogP contribution in [0.4, 0.5) is 4.39 Å². The zero-order valence-corrected chi connectivity index (χ0v) is 10.2. The maximum atomic E-state index is 12.9. The molecule has 0 atom stereocenters. The Hall–Kier alpha value is -1.83. The summed E-state index contributed by atoms with van der Waals surface area (Å²) in [6, 6.07) is 8.29. The summed E-state index contributed by atoms with van der Waals surface area (Å²) in [6.07, 6.45) is 0. The third-order valence-corrected chi connectivity index (χ3v) is 3.06. The van der Waals surface area contributed by atoms with Crippen molar-refractivity contribution >= 4 is 0 Å². The van der Waals surface area contributed by atoms with Crippen LogP contribution in [0, 0.1) is 26.6 Å². The molecule has 0 aromatic heterocycles. The van der Waals surface area contributed by atoms with E-state index in [-0.39, 0.29) is 5.82 Å². The number of phenolic OH excluding ortho intramolecular Hbond substituents is 1. The van der Waals surface area contributed by atoms with Gasteiger partial charge in [-0.1, -0.05) is 18.2 Å². The Morgan fingerprint density at radius 3 is 2.12 bits per heavy atom. The first-order valence-corrected chi connectivity index (χ1v) is 5.56. The number of rotatable bonds is 1. The average Bonchev–Trinajstić information content (AvgIpc) is 2.29. The molecule has 2 aromatic rings. The minimum absolute atomic E-state index is 0.250. The monoisotopic (exact) mass is 230 g/mol. The fraction of sp³-hybridized carbons (Fsp3) is 0.200. The molecule has 2 aromatic carbocycles. The minimum atomic E-state index is -0.250. The summed E-state index contributed by atoms with van der Waals surface area (Å²) in [7, 11) is 0. The van der Waals surface area contributed by atoms with Gasteiger partial charge in [-0.15, -0.1) is 0 Å². The van der Waals surface area contributed by atoms with Crippen molar-refractivity contribution in [3.63, 3.8) is 0 Å². The predicted octanol–water partition coefficient (Wildman–Crippen LogP) is 4.12. The summed E-state index contributed by atoms with van der Waals surface area (Å²) >= 11 is 0. The highest BCUT2D eigenvalue weighted by Gasteiger charge is 2.11. The second-order valence-corrected chi connectivity index (χ2v) is 4.37. The fourth-order valence-corrected chi connectivity index (χ4v) is 2.24. The Morgan fingerprint density at radius 1 is 0.941 bits per heavy atom. The number of phenols is 1. The first-order valence-electron chi connectivity index (χ1n) is 5.56. The van der Waals surface area contributed by atoms with Crippen LogP contribution in [0.1, 0.15) is 16.7 Å². The van der Waals surface area contributed by atoms with Gasteiger partial charge in [0, 0.05) is 0 Å². The van der Waals surface area contributed by atoms with Gasteiger partial charge in [0.15, 0.2) is 0 Å². The molecule has 17 heavy (non-hydrogen) atoms. The van der Waals surface area contributed by atoms with E-state index in [4.69, 9.17) is 0 Å². The lowest BCUT2D eigenvalue weighted by Gasteiger charge is -2.14. The molecule has 0 fully saturated rings. The van der Waals surface area contributed by atoms with Crippen LogP contribution < -0.4 is 0 Å². The quantitative estimate of drug-likeness (QED) is 0.781. The smallest absolute Gasteiger partial charge is 0.123 e. The van der Waals surface area contributed by atoms with E-state index in [1.165, 1.54) is 12.1 Å². The molecule has 2 rings (SSSR count). The lowest BCUT2D eigenvalue weighted by atomic mass is 9.93. The van der Waals surface area contributed by atoms with E-state index in [2.05, 4.69) is 0 Å². The molecule has 88 valence electrons. The Kier molecular flexibility index (Phi) is 2.88. The van der Waals surface area contributed by atoms with Crippen LogP contribution in [0.3, 0.4) is 0 Å². The highest BCUT2D eigenvalue weighted by molar-refractivity contribution is 5.74. The SMILES string of the molecule is Cc1cc(C)c(-c2ccc(F)cc2)c(C)c1O. The average molecular weight is 230 g/mol. The number of benzene rings is 2. The Balaban J connectivity index is 2.67. The van der Waals surface area contributed by atoms with E-state index in [9.17, 15) is 9.50 Å². The predicted molar refractivity (Wildman–Crippen MR) is 67.7 cm³/mol. The van der Waals surface area contributed by atoms with Crippen molar-refractivity contribution in [3.05, 3.63) is 52.8 Å². The molecule has 0 aliphatic carbocycles. The van der Waals surface area contributed by atoms with Gasteiger partial charge in [-0.2, -0.15) is 0 Å². The lowest BCUT2D eigenvalue weighted by Crippen LogP contribution is -1.91. The summed E-state index contributed by atoms with van der Waals surface area (Å²) in [5.74, 6) is 0.0651. The molecular weight excluding hydrogens is 215 g/mol. The van der Waals surface area contributed by atoms with Crippen LogP contribution in [0.25, 0.3) is 11.1 Å². The maximum Gasteiger partial charge on any atom is 0.123 e. The molecule has 1 N–H and O–H groups in total. The van der Waals surface area contributed by atoms with E-state index in [0.717, 1.165) is 27.8 Å². The van der Waals surface area contributed by atoms with E-state index in [0.29, 0.717) is 5.75 Å². The van der Waals surface area contributed by atoms with Crippen LogP contribution in [0.5, 0.6) is 5.75 Å². The zero-order valence-electron chi connectivity index (χ0n) is 10.2. The fourth-order valence-electron chi connectivity index (χ4n) is 2.24. The van der Waals surface area contributed by atoms with Gasteiger partial charge >= 0.3 is 0 Å². The molecular formula is C15H15FO. The van der Waals surface area contributed by atoms with Gasteiger partial charge in [-0.3, -0.25) is 0 Å². The third-order valence-electron chi connectivity index (χ3n) is 3.06. The van der Waals surface area contributed by atoms with E-state index in [1.807, 2.05) is 26.8 Å². The largest absolute Gasteiger partial charge is 0.507 e. The van der Waals surface area contributed by atoms with Gasteiger partial charge in [0.1, 0.15) is 11.6 Å². The van der Waals surface area contributed by atoms with Gasteiger partial charge < -0.3 is 5.11 Å². The van der Waals surface area contributed by atoms with Gasteiger partial charge in [-0.25, -0.2) is 4.39 Å². The number of hydrogen-bond acceptors (Lipinski definition) is 1. The van der Waals surface area contributed by atoms with Crippen molar-refractivity contribution in [3.8, 4) is 16.9 Å². The van der Waals surface area contributed by atoms with Gasteiger partial charge in [0.25, 0.3) is 0 Å². The van der Waals surface area contributed by atoms with Crippen molar-refractivity contribution < 1.29 is 9.50 Å². The Morgan fingerprint density at radius 2 is 1.53 bits per heavy atom. The molecule has 0 aliphatic heterocycles. The van der Waals surface area contributed by atoms with Crippen molar-refractivity contribution in [1.29, 1.82) is 0 Å². The Bertz CT molecular complexity index is 556. The first-order chi connectivity index (χ1) is 8.00.